The number of nitrogens with zero attached hydrogens (tertiary/aromatic N) is 2. The maximum Gasteiger partial charge on any atom is 0.0234 e. The highest BCUT2D eigenvalue weighted by molar-refractivity contribution is 5.29. The lowest BCUT2D eigenvalue weighted by molar-refractivity contribution is 0.228. The average Bonchev–Trinajstić information content (AvgIpc) is 3.07. The van der Waals surface area contributed by atoms with Crippen LogP contribution in [0.5, 0.6) is 0 Å². The second kappa shape index (κ2) is 9.16. The highest BCUT2D eigenvalue weighted by Gasteiger charge is 2.34. The van der Waals surface area contributed by atoms with Gasteiger partial charge in [-0.1, -0.05) is 84.9 Å². The Bertz CT molecular complexity index is 910. The van der Waals surface area contributed by atoms with Crippen LogP contribution in [0.25, 0.3) is 0 Å². The molecule has 2 aliphatic heterocycles. The molecule has 0 spiro atoms. The lowest BCUT2D eigenvalue weighted by Crippen LogP contribution is -2.34. The fraction of sp³-hybridized carbons (Fsp3) is 0.357. The molecule has 0 N–H and O–H groups in total. The first-order chi connectivity index (χ1) is 14.8. The fourth-order valence-electron chi connectivity index (χ4n) is 5.42. The van der Waals surface area contributed by atoms with E-state index in [1.807, 2.05) is 0 Å². The smallest absolute Gasteiger partial charge is 0.0234 e. The van der Waals surface area contributed by atoms with Gasteiger partial charge in [-0.25, -0.2) is 0 Å². The van der Waals surface area contributed by atoms with Crippen molar-refractivity contribution >= 4 is 0 Å². The lowest BCUT2D eigenvalue weighted by atomic mass is 9.88. The first kappa shape index (κ1) is 19.5. The van der Waals surface area contributed by atoms with E-state index in [0.29, 0.717) is 11.8 Å². The maximum atomic E-state index is 2.73. The number of likely N-dealkylation sites (tertiary alicyclic amines) is 1. The van der Waals surface area contributed by atoms with Crippen LogP contribution in [-0.4, -0.2) is 42.5 Å². The minimum absolute atomic E-state index is 0.626. The van der Waals surface area contributed by atoms with E-state index in [9.17, 15) is 0 Å². The van der Waals surface area contributed by atoms with Crippen LogP contribution in [0, 0.1) is 5.92 Å². The SMILES string of the molecule is c1ccc(CN2C[C@H](CN3CCc4ccccc4CC3)[C@@H](c3ccccc3)C2)cc1. The first-order valence-electron chi connectivity index (χ1n) is 11.5. The molecule has 154 valence electrons. The molecule has 2 atom stereocenters. The monoisotopic (exact) mass is 396 g/mol. The van der Waals surface area contributed by atoms with Crippen LogP contribution in [0.1, 0.15) is 28.2 Å². The third-order valence-electron chi connectivity index (χ3n) is 7.00. The van der Waals surface area contributed by atoms with Gasteiger partial charge in [-0.05, 0) is 41.0 Å². The van der Waals surface area contributed by atoms with E-state index in [1.165, 1.54) is 50.1 Å². The fourth-order valence-corrected chi connectivity index (χ4v) is 5.42. The van der Waals surface area contributed by atoms with Gasteiger partial charge >= 0.3 is 0 Å². The van der Waals surface area contributed by atoms with Crippen LogP contribution in [0.2, 0.25) is 0 Å². The molecule has 3 aromatic rings. The Morgan fingerprint density at radius 2 is 1.23 bits per heavy atom. The number of benzene rings is 3. The Balaban J connectivity index is 1.30. The third-order valence-corrected chi connectivity index (χ3v) is 7.00. The van der Waals surface area contributed by atoms with E-state index in [-0.39, 0.29) is 0 Å². The minimum Gasteiger partial charge on any atom is -0.302 e. The van der Waals surface area contributed by atoms with Crippen LogP contribution < -0.4 is 0 Å². The number of hydrogen-bond acceptors (Lipinski definition) is 2. The van der Waals surface area contributed by atoms with Gasteiger partial charge in [-0.15, -0.1) is 0 Å². The number of hydrogen-bond donors (Lipinski definition) is 0. The van der Waals surface area contributed by atoms with E-state index in [1.54, 1.807) is 11.1 Å². The molecule has 2 heterocycles. The molecule has 3 aromatic carbocycles. The summed E-state index contributed by atoms with van der Waals surface area (Å²) in [6.07, 6.45) is 2.37. The molecule has 0 amide bonds. The zero-order chi connectivity index (χ0) is 20.2. The largest absolute Gasteiger partial charge is 0.302 e. The van der Waals surface area contributed by atoms with E-state index >= 15 is 0 Å². The molecule has 0 aliphatic carbocycles. The predicted molar refractivity (Wildman–Crippen MR) is 125 cm³/mol. The Morgan fingerprint density at radius 1 is 0.633 bits per heavy atom. The highest BCUT2D eigenvalue weighted by atomic mass is 15.2. The summed E-state index contributed by atoms with van der Waals surface area (Å²) in [5.74, 6) is 1.32. The molecular formula is C28H32N2. The lowest BCUT2D eigenvalue weighted by Gasteiger charge is -2.27. The standard InChI is InChI=1S/C28H32N2/c1-3-9-23(10-4-1)19-30-21-27(28(22-30)26-13-5-2-6-14-26)20-29-17-15-24-11-7-8-12-25(24)16-18-29/h1-14,27-28H,15-22H2/t27-,28+/m0/s1. The highest BCUT2D eigenvalue weighted by Crippen LogP contribution is 2.34. The molecule has 30 heavy (non-hydrogen) atoms. The van der Waals surface area contributed by atoms with E-state index in [0.717, 1.165) is 13.1 Å². The topological polar surface area (TPSA) is 6.48 Å². The van der Waals surface area contributed by atoms with E-state index < -0.39 is 0 Å². The summed E-state index contributed by atoms with van der Waals surface area (Å²) in [5, 5.41) is 0. The van der Waals surface area contributed by atoms with Gasteiger partial charge in [0, 0.05) is 45.2 Å². The van der Waals surface area contributed by atoms with Crippen molar-refractivity contribution in [3.8, 4) is 0 Å². The summed E-state index contributed by atoms with van der Waals surface area (Å²) in [5.41, 5.74) is 6.04. The van der Waals surface area contributed by atoms with Crippen molar-refractivity contribution in [2.45, 2.75) is 25.3 Å². The first-order valence-corrected chi connectivity index (χ1v) is 11.5. The molecule has 1 fully saturated rings. The van der Waals surface area contributed by atoms with Gasteiger partial charge in [0.05, 0.1) is 0 Å². The van der Waals surface area contributed by atoms with E-state index in [4.69, 9.17) is 0 Å². The van der Waals surface area contributed by atoms with Gasteiger partial charge < -0.3 is 4.90 Å². The summed E-state index contributed by atoms with van der Waals surface area (Å²) in [6, 6.07) is 31.2. The Hall–Kier alpha value is -2.42. The van der Waals surface area contributed by atoms with Gasteiger partial charge in [-0.2, -0.15) is 0 Å². The predicted octanol–water partition coefficient (Wildman–Crippen LogP) is 5.00. The number of fused-ring (bicyclic) bond motifs is 1. The van der Waals surface area contributed by atoms with Crippen LogP contribution in [0.4, 0.5) is 0 Å². The molecule has 5 rings (SSSR count). The molecule has 0 aromatic heterocycles. The minimum atomic E-state index is 0.626. The van der Waals surface area contributed by atoms with Crippen molar-refractivity contribution in [2.75, 3.05) is 32.7 Å². The Morgan fingerprint density at radius 3 is 1.90 bits per heavy atom. The zero-order valence-electron chi connectivity index (χ0n) is 17.8. The Labute approximate surface area is 181 Å². The zero-order valence-corrected chi connectivity index (χ0v) is 17.8. The van der Waals surface area contributed by atoms with Gasteiger partial charge in [0.15, 0.2) is 0 Å². The van der Waals surface area contributed by atoms with Crippen LogP contribution in [0.15, 0.2) is 84.9 Å². The van der Waals surface area contributed by atoms with Gasteiger partial charge in [0.25, 0.3) is 0 Å². The van der Waals surface area contributed by atoms with Crippen molar-refractivity contribution < 1.29 is 0 Å². The maximum absolute atomic E-state index is 2.73. The van der Waals surface area contributed by atoms with Crippen LogP contribution in [-0.2, 0) is 19.4 Å². The quantitative estimate of drug-likeness (QED) is 0.599. The van der Waals surface area contributed by atoms with Crippen molar-refractivity contribution in [3.05, 3.63) is 107 Å². The summed E-state index contributed by atoms with van der Waals surface area (Å²) >= 11 is 0. The van der Waals surface area contributed by atoms with Crippen molar-refractivity contribution in [1.82, 2.24) is 9.80 Å². The number of rotatable bonds is 5. The van der Waals surface area contributed by atoms with Gasteiger partial charge in [0.1, 0.15) is 0 Å². The summed E-state index contributed by atoms with van der Waals surface area (Å²) < 4.78 is 0. The second-order valence-electron chi connectivity index (χ2n) is 9.03. The molecule has 0 radical (unpaired) electrons. The molecule has 2 heteroatoms. The summed E-state index contributed by atoms with van der Waals surface area (Å²) in [7, 11) is 0. The van der Waals surface area contributed by atoms with E-state index in [2.05, 4.69) is 94.7 Å². The second-order valence-corrected chi connectivity index (χ2v) is 9.03. The summed E-state index contributed by atoms with van der Waals surface area (Å²) in [4.78, 5) is 5.40. The average molecular weight is 397 g/mol. The van der Waals surface area contributed by atoms with Crippen LogP contribution >= 0.6 is 0 Å². The summed E-state index contributed by atoms with van der Waals surface area (Å²) in [6.45, 7) is 7.00. The van der Waals surface area contributed by atoms with Crippen molar-refractivity contribution in [3.63, 3.8) is 0 Å². The third kappa shape index (κ3) is 4.50. The van der Waals surface area contributed by atoms with Crippen molar-refractivity contribution in [2.24, 2.45) is 5.92 Å². The molecule has 1 saturated heterocycles. The molecular weight excluding hydrogens is 364 g/mol. The Kier molecular flexibility index (Phi) is 5.96. The van der Waals surface area contributed by atoms with Gasteiger partial charge in [0.2, 0.25) is 0 Å². The molecule has 0 saturated carbocycles. The normalized spacial score (nSPS) is 22.5. The molecule has 2 nitrogen and oxygen atoms in total. The molecule has 0 unspecified atom stereocenters. The molecule has 2 aliphatic rings. The van der Waals surface area contributed by atoms with Crippen molar-refractivity contribution in [1.29, 1.82) is 0 Å². The molecule has 0 bridgehead atoms. The van der Waals surface area contributed by atoms with Crippen LogP contribution in [0.3, 0.4) is 0 Å². The van der Waals surface area contributed by atoms with Gasteiger partial charge in [-0.3, -0.25) is 4.90 Å².